The van der Waals surface area contributed by atoms with Gasteiger partial charge in [-0.05, 0) is 31.2 Å². The van der Waals surface area contributed by atoms with Gasteiger partial charge in [-0.3, -0.25) is 9.79 Å². The largest absolute Gasteiger partial charge is 0.486 e. The Hall–Kier alpha value is -2.07. The molecule has 1 unspecified atom stereocenters. The van der Waals surface area contributed by atoms with E-state index in [1.54, 1.807) is 49.5 Å². The SMILES string of the molecule is CN=C(NCCNC(=O)c1ccccc1Cl)NCC(C)Oc1ccccc1F.I. The summed E-state index contributed by atoms with van der Waals surface area (Å²) in [5.41, 5.74) is 0.436. The van der Waals surface area contributed by atoms with Crippen LogP contribution in [-0.2, 0) is 0 Å². The molecule has 1 amide bonds. The van der Waals surface area contributed by atoms with Crippen LogP contribution in [0, 0.1) is 5.82 Å². The number of benzene rings is 2. The molecule has 1 atom stereocenters. The maximum atomic E-state index is 13.6. The molecule has 2 rings (SSSR count). The van der Waals surface area contributed by atoms with Crippen LogP contribution in [0.25, 0.3) is 0 Å². The molecule has 9 heteroatoms. The van der Waals surface area contributed by atoms with E-state index in [0.717, 1.165) is 0 Å². The highest BCUT2D eigenvalue weighted by molar-refractivity contribution is 14.0. The Labute approximate surface area is 192 Å². The summed E-state index contributed by atoms with van der Waals surface area (Å²) in [5.74, 6) is 0.131. The van der Waals surface area contributed by atoms with Crippen LogP contribution in [0.2, 0.25) is 5.02 Å². The van der Waals surface area contributed by atoms with Gasteiger partial charge in [0.25, 0.3) is 5.91 Å². The molecule has 0 saturated carbocycles. The van der Waals surface area contributed by atoms with E-state index in [0.29, 0.717) is 36.2 Å². The second-order valence-corrected chi connectivity index (χ2v) is 6.38. The Bertz CT molecular complexity index is 823. The molecule has 0 spiro atoms. The summed E-state index contributed by atoms with van der Waals surface area (Å²) in [6, 6.07) is 13.1. The van der Waals surface area contributed by atoms with Gasteiger partial charge >= 0.3 is 0 Å². The Balaban J connectivity index is 0.00000420. The molecule has 6 nitrogen and oxygen atoms in total. The van der Waals surface area contributed by atoms with Crippen molar-refractivity contribution in [1.82, 2.24) is 16.0 Å². The number of nitrogens with zero attached hydrogens (tertiary/aromatic N) is 1. The lowest BCUT2D eigenvalue weighted by atomic mass is 10.2. The van der Waals surface area contributed by atoms with Crippen molar-refractivity contribution in [2.24, 2.45) is 4.99 Å². The van der Waals surface area contributed by atoms with Gasteiger partial charge < -0.3 is 20.7 Å². The number of guanidine groups is 1. The minimum absolute atomic E-state index is 0. The molecule has 0 heterocycles. The Morgan fingerprint density at radius 3 is 2.45 bits per heavy atom. The van der Waals surface area contributed by atoms with E-state index in [9.17, 15) is 9.18 Å². The van der Waals surface area contributed by atoms with Gasteiger partial charge in [0.1, 0.15) is 6.10 Å². The summed E-state index contributed by atoms with van der Waals surface area (Å²) in [5, 5.41) is 9.38. The number of aliphatic imine (C=N–C) groups is 1. The molecule has 0 bridgehead atoms. The molecular weight excluding hydrogens is 510 g/mol. The summed E-state index contributed by atoms with van der Waals surface area (Å²) in [7, 11) is 1.64. The topological polar surface area (TPSA) is 74.8 Å². The standard InChI is InChI=1S/C20H24ClFN4O2.HI/c1-14(28-18-10-6-5-9-17(18)22)13-26-20(23-2)25-12-11-24-19(27)15-7-3-4-8-16(15)21;/h3-10,14H,11-13H2,1-2H3,(H,24,27)(H2,23,25,26);1H. The predicted octanol–water partition coefficient (Wildman–Crippen LogP) is 3.46. The molecule has 158 valence electrons. The average Bonchev–Trinajstić information content (AvgIpc) is 2.69. The lowest BCUT2D eigenvalue weighted by molar-refractivity contribution is 0.0954. The van der Waals surface area contributed by atoms with Crippen LogP contribution in [0.15, 0.2) is 53.5 Å². The maximum Gasteiger partial charge on any atom is 0.252 e. The van der Waals surface area contributed by atoms with E-state index in [4.69, 9.17) is 16.3 Å². The summed E-state index contributed by atoms with van der Waals surface area (Å²) in [6.45, 7) is 3.13. The van der Waals surface area contributed by atoms with E-state index >= 15 is 0 Å². The summed E-state index contributed by atoms with van der Waals surface area (Å²) < 4.78 is 19.2. The van der Waals surface area contributed by atoms with Crippen LogP contribution >= 0.6 is 35.6 Å². The molecule has 0 aromatic heterocycles. The maximum absolute atomic E-state index is 13.6. The highest BCUT2D eigenvalue weighted by Crippen LogP contribution is 2.16. The van der Waals surface area contributed by atoms with Gasteiger partial charge in [-0.25, -0.2) is 4.39 Å². The quantitative estimate of drug-likeness (QED) is 0.210. The molecule has 2 aromatic rings. The Kier molecular flexibility index (Phi) is 11.4. The molecule has 3 N–H and O–H groups in total. The Morgan fingerprint density at radius 1 is 1.10 bits per heavy atom. The number of hydrogen-bond acceptors (Lipinski definition) is 3. The number of halogens is 3. The number of amides is 1. The number of para-hydroxylation sites is 1. The van der Waals surface area contributed by atoms with Gasteiger partial charge in [0.15, 0.2) is 17.5 Å². The van der Waals surface area contributed by atoms with E-state index in [2.05, 4.69) is 20.9 Å². The van der Waals surface area contributed by atoms with Crippen LogP contribution < -0.4 is 20.7 Å². The van der Waals surface area contributed by atoms with Crippen LogP contribution in [0.5, 0.6) is 5.75 Å². The molecule has 0 fully saturated rings. The van der Waals surface area contributed by atoms with E-state index in [1.807, 2.05) is 6.92 Å². The first-order chi connectivity index (χ1) is 13.5. The van der Waals surface area contributed by atoms with Gasteiger partial charge in [-0.2, -0.15) is 0 Å². The molecule has 0 aliphatic carbocycles. The summed E-state index contributed by atoms with van der Waals surface area (Å²) in [6.07, 6.45) is -0.268. The molecular formula is C20H25ClFIN4O2. The van der Waals surface area contributed by atoms with Crippen LogP contribution in [0.1, 0.15) is 17.3 Å². The van der Waals surface area contributed by atoms with Crippen molar-refractivity contribution in [2.45, 2.75) is 13.0 Å². The minimum Gasteiger partial charge on any atom is -0.486 e. The van der Waals surface area contributed by atoms with Crippen molar-refractivity contribution in [3.8, 4) is 5.75 Å². The molecule has 2 aromatic carbocycles. The molecule has 0 aliphatic rings. The van der Waals surface area contributed by atoms with Crippen LogP contribution in [-0.4, -0.2) is 44.7 Å². The smallest absolute Gasteiger partial charge is 0.252 e. The van der Waals surface area contributed by atoms with Crippen LogP contribution in [0.4, 0.5) is 4.39 Å². The fraction of sp³-hybridized carbons (Fsp3) is 0.300. The first-order valence-corrected chi connectivity index (χ1v) is 9.27. The van der Waals surface area contributed by atoms with Crippen molar-refractivity contribution < 1.29 is 13.9 Å². The van der Waals surface area contributed by atoms with Crippen molar-refractivity contribution in [1.29, 1.82) is 0 Å². The lowest BCUT2D eigenvalue weighted by Gasteiger charge is -2.18. The van der Waals surface area contributed by atoms with Gasteiger partial charge in [0.2, 0.25) is 0 Å². The zero-order valence-corrected chi connectivity index (χ0v) is 19.3. The third-order valence-electron chi connectivity index (χ3n) is 3.77. The molecule has 29 heavy (non-hydrogen) atoms. The normalized spacial score (nSPS) is 11.8. The summed E-state index contributed by atoms with van der Waals surface area (Å²) >= 11 is 6.00. The highest BCUT2D eigenvalue weighted by atomic mass is 127. The highest BCUT2D eigenvalue weighted by Gasteiger charge is 2.10. The number of ether oxygens (including phenoxy) is 1. The van der Waals surface area contributed by atoms with Gasteiger partial charge in [0.05, 0.1) is 17.1 Å². The zero-order valence-electron chi connectivity index (χ0n) is 16.2. The number of nitrogens with one attached hydrogen (secondary N) is 3. The summed E-state index contributed by atoms with van der Waals surface area (Å²) in [4.78, 5) is 16.2. The fourth-order valence-electron chi connectivity index (χ4n) is 2.36. The number of rotatable bonds is 8. The van der Waals surface area contributed by atoms with Gasteiger partial charge in [0, 0.05) is 20.1 Å². The molecule has 0 radical (unpaired) electrons. The third kappa shape index (κ3) is 8.45. The third-order valence-corrected chi connectivity index (χ3v) is 4.10. The lowest BCUT2D eigenvalue weighted by Crippen LogP contribution is -2.44. The first kappa shape index (κ1) is 25.0. The van der Waals surface area contributed by atoms with Crippen molar-refractivity contribution in [3.05, 3.63) is 64.9 Å². The monoisotopic (exact) mass is 534 g/mol. The van der Waals surface area contributed by atoms with E-state index in [1.165, 1.54) is 6.07 Å². The van der Waals surface area contributed by atoms with Crippen molar-refractivity contribution >= 4 is 47.4 Å². The number of carbonyl (C=O) groups is 1. The first-order valence-electron chi connectivity index (χ1n) is 8.89. The van der Waals surface area contributed by atoms with Gasteiger partial charge in [-0.1, -0.05) is 35.9 Å². The van der Waals surface area contributed by atoms with Crippen molar-refractivity contribution in [3.63, 3.8) is 0 Å². The number of hydrogen-bond donors (Lipinski definition) is 3. The number of carbonyl (C=O) groups excluding carboxylic acids is 1. The van der Waals surface area contributed by atoms with Crippen LogP contribution in [0.3, 0.4) is 0 Å². The zero-order chi connectivity index (χ0) is 20.4. The second kappa shape index (κ2) is 13.2. The second-order valence-electron chi connectivity index (χ2n) is 5.97. The van der Waals surface area contributed by atoms with Crippen molar-refractivity contribution in [2.75, 3.05) is 26.7 Å². The van der Waals surface area contributed by atoms with E-state index < -0.39 is 5.82 Å². The Morgan fingerprint density at radius 2 is 1.76 bits per heavy atom. The average molecular weight is 535 g/mol. The minimum atomic E-state index is -0.397. The van der Waals surface area contributed by atoms with E-state index in [-0.39, 0.29) is 41.7 Å². The predicted molar refractivity (Wildman–Crippen MR) is 125 cm³/mol. The fourth-order valence-corrected chi connectivity index (χ4v) is 2.58. The molecule has 0 saturated heterocycles. The van der Waals surface area contributed by atoms with Gasteiger partial charge in [-0.15, -0.1) is 24.0 Å². The molecule has 0 aliphatic heterocycles.